The van der Waals surface area contributed by atoms with Gasteiger partial charge in [-0.3, -0.25) is 13.9 Å². The van der Waals surface area contributed by atoms with Gasteiger partial charge in [0.2, 0.25) is 0 Å². The van der Waals surface area contributed by atoms with Gasteiger partial charge >= 0.3 is 0 Å². The maximum absolute atomic E-state index is 12.4. The summed E-state index contributed by atoms with van der Waals surface area (Å²) in [5.41, 5.74) is 1.21. The van der Waals surface area contributed by atoms with Crippen molar-refractivity contribution >= 4 is 21.2 Å². The Bertz CT molecular complexity index is 1020. The zero-order valence-electron chi connectivity index (χ0n) is 12.0. The molecule has 0 unspecified atom stereocenters. The zero-order chi connectivity index (χ0) is 15.9. The van der Waals surface area contributed by atoms with Crippen LogP contribution in [0.5, 0.6) is 0 Å². The van der Waals surface area contributed by atoms with Crippen LogP contribution in [0.25, 0.3) is 5.52 Å². The first-order chi connectivity index (χ1) is 10.4. The third kappa shape index (κ3) is 2.48. The second-order valence-corrected chi connectivity index (χ2v) is 6.69. The van der Waals surface area contributed by atoms with Crippen LogP contribution in [0, 0.1) is 13.8 Å². The molecule has 1 aromatic carbocycles. The Morgan fingerprint density at radius 1 is 1.23 bits per heavy atom. The van der Waals surface area contributed by atoms with E-state index in [-0.39, 0.29) is 10.4 Å². The van der Waals surface area contributed by atoms with Crippen molar-refractivity contribution in [3.05, 3.63) is 58.3 Å². The summed E-state index contributed by atoms with van der Waals surface area (Å²) < 4.78 is 28.8. The number of aryl methyl sites for hydroxylation is 2. The largest absolute Gasteiger partial charge is 0.298 e. The van der Waals surface area contributed by atoms with Crippen LogP contribution in [-0.4, -0.2) is 23.0 Å². The summed E-state index contributed by atoms with van der Waals surface area (Å²) in [6.45, 7) is 3.55. The van der Waals surface area contributed by atoms with Crippen molar-refractivity contribution in [2.75, 3.05) is 4.72 Å². The highest BCUT2D eigenvalue weighted by molar-refractivity contribution is 7.92. The fourth-order valence-electron chi connectivity index (χ4n) is 2.19. The van der Waals surface area contributed by atoms with Gasteiger partial charge < -0.3 is 0 Å². The Hall–Kier alpha value is -2.61. The van der Waals surface area contributed by atoms with Gasteiger partial charge in [0.25, 0.3) is 15.6 Å². The fourth-order valence-corrected chi connectivity index (χ4v) is 3.26. The lowest BCUT2D eigenvalue weighted by atomic mass is 10.2. The molecule has 2 heterocycles. The summed E-state index contributed by atoms with van der Waals surface area (Å²) in [5.74, 6) is 0.492. The predicted octanol–water partition coefficient (Wildman–Crippen LogP) is 1.44. The number of nitrogens with one attached hydrogen (secondary N) is 2. The van der Waals surface area contributed by atoms with Gasteiger partial charge in [-0.2, -0.15) is 5.10 Å². The van der Waals surface area contributed by atoms with E-state index in [1.54, 1.807) is 25.1 Å². The number of aromatic nitrogens is 3. The van der Waals surface area contributed by atoms with Gasteiger partial charge in [-0.15, -0.1) is 0 Å². The number of fused-ring (bicyclic) bond motifs is 1. The van der Waals surface area contributed by atoms with E-state index in [1.165, 1.54) is 16.7 Å². The number of anilines is 1. The minimum absolute atomic E-state index is 0.00982. The molecule has 0 saturated carbocycles. The summed E-state index contributed by atoms with van der Waals surface area (Å²) in [5, 5.41) is 6.13. The third-order valence-electron chi connectivity index (χ3n) is 3.28. The Balaban J connectivity index is 2.08. The predicted molar refractivity (Wildman–Crippen MR) is 82.5 cm³/mol. The SMILES string of the molecule is Cc1cccc(NS(=O)(=O)c2cc3c(=O)[nH]nc(C)n3c2)c1. The van der Waals surface area contributed by atoms with E-state index in [2.05, 4.69) is 14.9 Å². The molecule has 3 rings (SSSR count). The monoisotopic (exact) mass is 318 g/mol. The van der Waals surface area contributed by atoms with Crippen molar-refractivity contribution in [3.8, 4) is 0 Å². The number of benzene rings is 1. The quantitative estimate of drug-likeness (QED) is 0.763. The molecule has 2 aromatic heterocycles. The van der Waals surface area contributed by atoms with Crippen molar-refractivity contribution in [1.82, 2.24) is 14.6 Å². The Kier molecular flexibility index (Phi) is 3.25. The molecule has 0 amide bonds. The fraction of sp³-hybridized carbons (Fsp3) is 0.143. The molecule has 8 heteroatoms. The molecule has 0 aliphatic rings. The van der Waals surface area contributed by atoms with Crippen molar-refractivity contribution in [2.24, 2.45) is 0 Å². The number of aromatic amines is 1. The molecule has 0 fully saturated rings. The van der Waals surface area contributed by atoms with Crippen molar-refractivity contribution in [2.45, 2.75) is 18.7 Å². The average Bonchev–Trinajstić information content (AvgIpc) is 2.90. The lowest BCUT2D eigenvalue weighted by molar-refractivity contribution is 0.601. The highest BCUT2D eigenvalue weighted by Gasteiger charge is 2.18. The molecule has 0 spiro atoms. The maximum atomic E-state index is 12.4. The van der Waals surface area contributed by atoms with Crippen molar-refractivity contribution < 1.29 is 8.42 Å². The number of nitrogens with zero attached hydrogens (tertiary/aromatic N) is 2. The minimum atomic E-state index is -3.78. The van der Waals surface area contributed by atoms with E-state index in [9.17, 15) is 13.2 Å². The lowest BCUT2D eigenvalue weighted by Crippen LogP contribution is -2.12. The molecule has 7 nitrogen and oxygen atoms in total. The topological polar surface area (TPSA) is 96.3 Å². The number of hydrogen-bond donors (Lipinski definition) is 2. The van der Waals surface area contributed by atoms with Gasteiger partial charge in [0.1, 0.15) is 16.2 Å². The number of sulfonamides is 1. The van der Waals surface area contributed by atoms with Crippen LogP contribution in [0.3, 0.4) is 0 Å². The van der Waals surface area contributed by atoms with Gasteiger partial charge in [-0.25, -0.2) is 13.5 Å². The van der Waals surface area contributed by atoms with Crippen LogP contribution in [0.4, 0.5) is 5.69 Å². The molecule has 114 valence electrons. The first-order valence-corrected chi connectivity index (χ1v) is 8.02. The van der Waals surface area contributed by atoms with Crippen LogP contribution in [-0.2, 0) is 10.0 Å². The number of hydrogen-bond acceptors (Lipinski definition) is 4. The van der Waals surface area contributed by atoms with E-state index >= 15 is 0 Å². The van der Waals surface area contributed by atoms with Gasteiger partial charge in [-0.05, 0) is 37.6 Å². The van der Waals surface area contributed by atoms with Crippen molar-refractivity contribution in [3.63, 3.8) is 0 Å². The van der Waals surface area contributed by atoms with Crippen molar-refractivity contribution in [1.29, 1.82) is 0 Å². The van der Waals surface area contributed by atoms with E-state index in [1.807, 2.05) is 13.0 Å². The second-order valence-electron chi connectivity index (χ2n) is 5.01. The molecule has 0 bridgehead atoms. The maximum Gasteiger partial charge on any atom is 0.288 e. The average molecular weight is 318 g/mol. The second kappa shape index (κ2) is 4.99. The Morgan fingerprint density at radius 2 is 2.00 bits per heavy atom. The Labute approximate surface area is 126 Å². The molecule has 0 saturated heterocycles. The normalized spacial score (nSPS) is 11.7. The Morgan fingerprint density at radius 3 is 2.68 bits per heavy atom. The van der Waals surface area contributed by atoms with Crippen LogP contribution in [0.15, 0.2) is 46.2 Å². The molecule has 0 aliphatic heterocycles. The molecule has 0 radical (unpaired) electrons. The van der Waals surface area contributed by atoms with E-state index < -0.39 is 15.6 Å². The van der Waals surface area contributed by atoms with Gasteiger partial charge in [0.15, 0.2) is 0 Å². The molecule has 0 aliphatic carbocycles. The van der Waals surface area contributed by atoms with E-state index in [0.29, 0.717) is 11.5 Å². The minimum Gasteiger partial charge on any atom is -0.298 e. The number of rotatable bonds is 3. The zero-order valence-corrected chi connectivity index (χ0v) is 12.8. The third-order valence-corrected chi connectivity index (χ3v) is 4.62. The first kappa shape index (κ1) is 14.3. The summed E-state index contributed by atoms with van der Waals surface area (Å²) in [7, 11) is -3.78. The summed E-state index contributed by atoms with van der Waals surface area (Å²) in [4.78, 5) is 11.7. The lowest BCUT2D eigenvalue weighted by Gasteiger charge is -2.06. The number of H-pyrrole nitrogens is 1. The summed E-state index contributed by atoms with van der Waals surface area (Å²) in [6.07, 6.45) is 1.38. The van der Waals surface area contributed by atoms with Crippen LogP contribution in [0.1, 0.15) is 11.4 Å². The molecule has 2 N–H and O–H groups in total. The molecular formula is C14H14N4O3S. The summed E-state index contributed by atoms with van der Waals surface area (Å²) >= 11 is 0. The van der Waals surface area contributed by atoms with Crippen LogP contribution >= 0.6 is 0 Å². The smallest absolute Gasteiger partial charge is 0.288 e. The standard InChI is InChI=1S/C14H14N4O3S/c1-9-4-3-5-11(6-9)17-22(20,21)12-7-13-14(19)16-15-10(2)18(13)8-12/h3-8,17H,1-2H3,(H,16,19). The molecule has 22 heavy (non-hydrogen) atoms. The van der Waals surface area contributed by atoms with Crippen LogP contribution < -0.4 is 10.3 Å². The highest BCUT2D eigenvalue weighted by atomic mass is 32.2. The molecular weight excluding hydrogens is 304 g/mol. The molecule has 3 aromatic rings. The van der Waals surface area contributed by atoms with Gasteiger partial charge in [0.05, 0.1) is 0 Å². The van der Waals surface area contributed by atoms with Crippen LogP contribution in [0.2, 0.25) is 0 Å². The van der Waals surface area contributed by atoms with E-state index in [0.717, 1.165) is 5.56 Å². The first-order valence-electron chi connectivity index (χ1n) is 6.54. The molecule has 0 atom stereocenters. The van der Waals surface area contributed by atoms with Gasteiger partial charge in [0, 0.05) is 11.9 Å². The van der Waals surface area contributed by atoms with E-state index in [4.69, 9.17) is 0 Å². The van der Waals surface area contributed by atoms with Gasteiger partial charge in [-0.1, -0.05) is 12.1 Å². The highest BCUT2D eigenvalue weighted by Crippen LogP contribution is 2.19. The summed E-state index contributed by atoms with van der Waals surface area (Å²) in [6, 6.07) is 8.36.